The Kier molecular flexibility index (Phi) is 7.91. The molecule has 1 saturated heterocycles. The van der Waals surface area contributed by atoms with E-state index in [2.05, 4.69) is 58.0 Å². The summed E-state index contributed by atoms with van der Waals surface area (Å²) in [5.41, 5.74) is 3.55. The Morgan fingerprint density at radius 2 is 2.14 bits per heavy atom. The fourth-order valence-corrected chi connectivity index (χ4v) is 4.38. The Balaban J connectivity index is 0.00000240. The third kappa shape index (κ3) is 5.49. The van der Waals surface area contributed by atoms with Gasteiger partial charge in [0.25, 0.3) is 0 Å². The van der Waals surface area contributed by atoms with Crippen LogP contribution in [-0.4, -0.2) is 35.5 Å². The highest BCUT2D eigenvalue weighted by Gasteiger charge is 2.27. The van der Waals surface area contributed by atoms with E-state index < -0.39 is 0 Å². The first-order valence-electron chi connectivity index (χ1n) is 9.76. The molecule has 0 saturated carbocycles. The van der Waals surface area contributed by atoms with Crippen LogP contribution < -0.4 is 10.6 Å². The summed E-state index contributed by atoms with van der Waals surface area (Å²) in [6.07, 6.45) is 6.47. The molecule has 4 rings (SSSR count). The zero-order valence-corrected chi connectivity index (χ0v) is 19.9. The maximum atomic E-state index is 6.12. The van der Waals surface area contributed by atoms with Gasteiger partial charge in [-0.15, -0.1) is 35.3 Å². The Labute approximate surface area is 192 Å². The molecular formula is C21H28IN5OS. The monoisotopic (exact) mass is 525 g/mol. The average molecular weight is 525 g/mol. The van der Waals surface area contributed by atoms with Gasteiger partial charge >= 0.3 is 0 Å². The number of rotatable bonds is 5. The maximum Gasteiger partial charge on any atom is 0.193 e. The van der Waals surface area contributed by atoms with E-state index in [1.807, 2.05) is 16.0 Å². The summed E-state index contributed by atoms with van der Waals surface area (Å²) < 4.78 is 8.17. The number of nitrogens with one attached hydrogen (secondary N) is 2. The molecule has 2 N–H and O–H groups in total. The summed E-state index contributed by atoms with van der Waals surface area (Å²) in [7, 11) is 1.80. The van der Waals surface area contributed by atoms with Crippen LogP contribution in [0, 0.1) is 12.8 Å². The summed E-state index contributed by atoms with van der Waals surface area (Å²) in [6, 6.07) is 8.70. The number of benzene rings is 1. The molecule has 2 unspecified atom stereocenters. The lowest BCUT2D eigenvalue weighted by Crippen LogP contribution is -2.41. The standard InChI is InChI=1S/C21H27N5OS.HI/c1-15-5-7-16(8-6-15)19-17(4-3-10-27-19)12-23-20(22-2)24-13-18-14-26-9-11-28-21(26)25-18;/h5-9,11,14,17,19H,3-4,10,12-13H2,1-2H3,(H2,22,23,24);1H. The largest absolute Gasteiger partial charge is 0.373 e. The fourth-order valence-electron chi connectivity index (χ4n) is 3.66. The predicted molar refractivity (Wildman–Crippen MR) is 129 cm³/mol. The van der Waals surface area contributed by atoms with Crippen molar-refractivity contribution in [2.75, 3.05) is 20.2 Å². The predicted octanol–water partition coefficient (Wildman–Crippen LogP) is 4.16. The van der Waals surface area contributed by atoms with Gasteiger partial charge in [0.2, 0.25) is 0 Å². The Morgan fingerprint density at radius 3 is 2.90 bits per heavy atom. The summed E-state index contributed by atoms with van der Waals surface area (Å²) in [4.78, 5) is 9.98. The van der Waals surface area contributed by atoms with E-state index in [1.165, 1.54) is 11.1 Å². The molecule has 6 nitrogen and oxygen atoms in total. The molecule has 0 bridgehead atoms. The van der Waals surface area contributed by atoms with Gasteiger partial charge < -0.3 is 15.4 Å². The van der Waals surface area contributed by atoms with E-state index in [1.54, 1.807) is 18.4 Å². The fraction of sp³-hybridized carbons (Fsp3) is 0.429. The van der Waals surface area contributed by atoms with E-state index in [0.29, 0.717) is 12.5 Å². The first-order chi connectivity index (χ1) is 13.7. The lowest BCUT2D eigenvalue weighted by molar-refractivity contribution is -0.0265. The second-order valence-electron chi connectivity index (χ2n) is 7.24. The minimum Gasteiger partial charge on any atom is -0.373 e. The maximum absolute atomic E-state index is 6.12. The highest BCUT2D eigenvalue weighted by molar-refractivity contribution is 14.0. The molecule has 0 spiro atoms. The van der Waals surface area contributed by atoms with Gasteiger partial charge in [0, 0.05) is 43.9 Å². The number of thiazole rings is 1. The lowest BCUT2D eigenvalue weighted by atomic mass is 9.89. The van der Waals surface area contributed by atoms with E-state index in [0.717, 1.165) is 42.6 Å². The average Bonchev–Trinajstić information content (AvgIpc) is 3.31. The van der Waals surface area contributed by atoms with Crippen LogP contribution in [0.2, 0.25) is 0 Å². The third-order valence-corrected chi connectivity index (χ3v) is 5.96. The zero-order valence-electron chi connectivity index (χ0n) is 16.8. The molecule has 8 heteroatoms. The van der Waals surface area contributed by atoms with Gasteiger partial charge in [0.05, 0.1) is 18.3 Å². The van der Waals surface area contributed by atoms with Crippen LogP contribution in [0.1, 0.15) is 35.8 Å². The molecule has 1 aliphatic rings. The molecule has 156 valence electrons. The van der Waals surface area contributed by atoms with Crippen molar-refractivity contribution >= 4 is 46.2 Å². The SMILES string of the molecule is CN=C(NCc1cn2ccsc2n1)NCC1CCCOC1c1ccc(C)cc1.I. The van der Waals surface area contributed by atoms with Gasteiger partial charge in [-0.25, -0.2) is 4.98 Å². The molecule has 3 heterocycles. The van der Waals surface area contributed by atoms with E-state index >= 15 is 0 Å². The van der Waals surface area contributed by atoms with Crippen LogP contribution in [0.15, 0.2) is 47.0 Å². The van der Waals surface area contributed by atoms with Gasteiger partial charge in [0.15, 0.2) is 10.9 Å². The zero-order chi connectivity index (χ0) is 19.3. The van der Waals surface area contributed by atoms with Gasteiger partial charge in [-0.3, -0.25) is 9.39 Å². The number of halogens is 1. The Morgan fingerprint density at radius 1 is 1.31 bits per heavy atom. The van der Waals surface area contributed by atoms with E-state index in [4.69, 9.17) is 4.74 Å². The van der Waals surface area contributed by atoms with E-state index in [-0.39, 0.29) is 30.1 Å². The molecule has 1 aromatic carbocycles. The molecule has 3 aromatic rings. The molecule has 2 aromatic heterocycles. The molecule has 0 radical (unpaired) electrons. The first kappa shape index (κ1) is 22.0. The number of aromatic nitrogens is 2. The number of hydrogen-bond donors (Lipinski definition) is 2. The van der Waals surface area contributed by atoms with Crippen molar-refractivity contribution in [3.8, 4) is 0 Å². The van der Waals surface area contributed by atoms with Crippen molar-refractivity contribution in [1.82, 2.24) is 20.0 Å². The van der Waals surface area contributed by atoms with E-state index in [9.17, 15) is 0 Å². The summed E-state index contributed by atoms with van der Waals surface area (Å²) in [5, 5.41) is 8.88. The smallest absolute Gasteiger partial charge is 0.193 e. The highest BCUT2D eigenvalue weighted by Crippen LogP contribution is 2.33. The molecule has 29 heavy (non-hydrogen) atoms. The number of aryl methyl sites for hydroxylation is 1. The summed E-state index contributed by atoms with van der Waals surface area (Å²) >= 11 is 1.64. The van der Waals surface area contributed by atoms with Crippen molar-refractivity contribution in [2.45, 2.75) is 32.4 Å². The molecule has 1 fully saturated rings. The summed E-state index contributed by atoms with van der Waals surface area (Å²) in [5.74, 6) is 1.22. The molecular weight excluding hydrogens is 497 g/mol. The van der Waals surface area contributed by atoms with Crippen molar-refractivity contribution in [3.63, 3.8) is 0 Å². The number of imidazole rings is 1. The van der Waals surface area contributed by atoms with Crippen molar-refractivity contribution in [1.29, 1.82) is 0 Å². The minimum atomic E-state index is 0. The second kappa shape index (κ2) is 10.4. The van der Waals surface area contributed by atoms with Gasteiger partial charge in [-0.1, -0.05) is 29.8 Å². The number of aliphatic imine (C=N–C) groups is 1. The van der Waals surface area contributed by atoms with Crippen molar-refractivity contribution in [3.05, 3.63) is 58.9 Å². The number of nitrogens with zero attached hydrogens (tertiary/aromatic N) is 3. The number of guanidine groups is 1. The highest BCUT2D eigenvalue weighted by atomic mass is 127. The lowest BCUT2D eigenvalue weighted by Gasteiger charge is -2.32. The molecule has 0 aliphatic carbocycles. The van der Waals surface area contributed by atoms with Crippen LogP contribution in [-0.2, 0) is 11.3 Å². The minimum absolute atomic E-state index is 0. The second-order valence-corrected chi connectivity index (χ2v) is 8.11. The molecule has 0 amide bonds. The topological polar surface area (TPSA) is 63.0 Å². The first-order valence-corrected chi connectivity index (χ1v) is 10.6. The van der Waals surface area contributed by atoms with Gasteiger partial charge in [0.1, 0.15) is 0 Å². The quantitative estimate of drug-likeness (QED) is 0.299. The Hall–Kier alpha value is -1.65. The van der Waals surface area contributed by atoms with Crippen LogP contribution >= 0.6 is 35.3 Å². The number of ether oxygens (including phenoxy) is 1. The number of fused-ring (bicyclic) bond motifs is 1. The third-order valence-electron chi connectivity index (χ3n) is 5.19. The molecule has 2 atom stereocenters. The Bertz CT molecular complexity index is 908. The van der Waals surface area contributed by atoms with Gasteiger partial charge in [-0.2, -0.15) is 0 Å². The van der Waals surface area contributed by atoms with Gasteiger partial charge in [-0.05, 0) is 25.3 Å². The summed E-state index contributed by atoms with van der Waals surface area (Å²) in [6.45, 7) is 4.43. The van der Waals surface area contributed by atoms with Crippen LogP contribution in [0.4, 0.5) is 0 Å². The van der Waals surface area contributed by atoms with Crippen molar-refractivity contribution < 1.29 is 4.74 Å². The number of hydrogen-bond acceptors (Lipinski definition) is 4. The van der Waals surface area contributed by atoms with Crippen LogP contribution in [0.25, 0.3) is 4.96 Å². The van der Waals surface area contributed by atoms with Crippen LogP contribution in [0.3, 0.4) is 0 Å². The van der Waals surface area contributed by atoms with Crippen LogP contribution in [0.5, 0.6) is 0 Å². The normalized spacial score (nSPS) is 19.7. The van der Waals surface area contributed by atoms with Crippen molar-refractivity contribution in [2.24, 2.45) is 10.9 Å². The molecule has 1 aliphatic heterocycles.